The summed E-state index contributed by atoms with van der Waals surface area (Å²) in [5, 5.41) is 9.38. The topological polar surface area (TPSA) is 78.1 Å². The number of aromatic amines is 1. The lowest BCUT2D eigenvalue weighted by molar-refractivity contribution is -0.128. The largest absolute Gasteiger partial charge is 0.353 e. The van der Waals surface area contributed by atoms with Crippen LogP contribution >= 0.6 is 0 Å². The Balaban J connectivity index is 1.73. The van der Waals surface area contributed by atoms with Gasteiger partial charge < -0.3 is 10.2 Å². The molecule has 1 saturated heterocycles. The van der Waals surface area contributed by atoms with Gasteiger partial charge in [-0.25, -0.2) is 0 Å². The van der Waals surface area contributed by atoms with Gasteiger partial charge in [0.1, 0.15) is 6.04 Å². The van der Waals surface area contributed by atoms with Crippen LogP contribution in [0.4, 0.5) is 0 Å². The van der Waals surface area contributed by atoms with Crippen LogP contribution in [0.5, 0.6) is 0 Å². The van der Waals surface area contributed by atoms with Gasteiger partial charge in [-0.05, 0) is 12.3 Å². The molecular weight excluding hydrogens is 268 g/mol. The first-order valence-electron chi connectivity index (χ1n) is 7.83. The minimum Gasteiger partial charge on any atom is -0.353 e. The van der Waals surface area contributed by atoms with Crippen LogP contribution in [0.25, 0.3) is 0 Å². The number of carbonyl (C=O) groups is 2. The number of amides is 2. The molecule has 2 fully saturated rings. The Hall–Kier alpha value is -1.85. The molecule has 0 bridgehead atoms. The predicted molar refractivity (Wildman–Crippen MR) is 77.6 cm³/mol. The van der Waals surface area contributed by atoms with Crippen molar-refractivity contribution in [2.45, 2.75) is 44.6 Å². The predicted octanol–water partition coefficient (Wildman–Crippen LogP) is 1.32. The molecule has 2 amide bonds. The van der Waals surface area contributed by atoms with Gasteiger partial charge in [-0.2, -0.15) is 5.10 Å². The lowest BCUT2D eigenvalue weighted by Gasteiger charge is -2.37. The lowest BCUT2D eigenvalue weighted by atomic mass is 9.84. The average molecular weight is 290 g/mol. The summed E-state index contributed by atoms with van der Waals surface area (Å²) in [6, 6.07) is -0.329. The zero-order valence-electron chi connectivity index (χ0n) is 12.2. The van der Waals surface area contributed by atoms with Crippen LogP contribution in [0.2, 0.25) is 0 Å². The first-order valence-corrected chi connectivity index (χ1v) is 7.83. The number of nitrogens with one attached hydrogen (secondary N) is 2. The third-order valence-corrected chi connectivity index (χ3v) is 4.62. The van der Waals surface area contributed by atoms with E-state index in [1.165, 1.54) is 38.3 Å². The van der Waals surface area contributed by atoms with Gasteiger partial charge in [0, 0.05) is 19.3 Å². The summed E-state index contributed by atoms with van der Waals surface area (Å²) in [6.45, 7) is 1.11. The quantitative estimate of drug-likeness (QED) is 0.881. The number of rotatable bonds is 3. The molecule has 0 radical (unpaired) electrons. The van der Waals surface area contributed by atoms with Crippen LogP contribution in [0, 0.1) is 5.92 Å². The van der Waals surface area contributed by atoms with E-state index in [-0.39, 0.29) is 17.9 Å². The molecule has 0 spiro atoms. The van der Waals surface area contributed by atoms with Crippen LogP contribution in [0.3, 0.4) is 0 Å². The molecule has 1 aromatic heterocycles. The zero-order valence-corrected chi connectivity index (χ0v) is 12.2. The Labute approximate surface area is 124 Å². The minimum atomic E-state index is -0.329. The van der Waals surface area contributed by atoms with E-state index in [4.69, 9.17) is 0 Å². The Morgan fingerprint density at radius 2 is 2.14 bits per heavy atom. The highest BCUT2D eigenvalue weighted by atomic mass is 16.2. The number of carbonyl (C=O) groups excluding carboxylic acids is 2. The molecule has 6 nitrogen and oxygen atoms in total. The molecule has 2 aliphatic rings. The molecule has 1 saturated carbocycles. The van der Waals surface area contributed by atoms with Crippen molar-refractivity contribution in [3.63, 3.8) is 0 Å². The second-order valence-corrected chi connectivity index (χ2v) is 6.03. The molecular formula is C15H22N4O2. The fourth-order valence-corrected chi connectivity index (χ4v) is 3.46. The smallest absolute Gasteiger partial charge is 0.257 e. The van der Waals surface area contributed by atoms with Crippen LogP contribution in [-0.2, 0) is 4.79 Å². The SMILES string of the molecule is O=C1NCCN(C(=O)c2cn[nH]c2)C1CC1CCCCC1. The normalized spacial score (nSPS) is 23.9. The van der Waals surface area contributed by atoms with Crippen LogP contribution in [0.1, 0.15) is 48.9 Å². The highest BCUT2D eigenvalue weighted by Gasteiger charge is 2.35. The Morgan fingerprint density at radius 1 is 1.33 bits per heavy atom. The minimum absolute atomic E-state index is 0.0105. The summed E-state index contributed by atoms with van der Waals surface area (Å²) in [4.78, 5) is 26.5. The Kier molecular flexibility index (Phi) is 4.22. The number of piperazine rings is 1. The van der Waals surface area contributed by atoms with Gasteiger partial charge in [0.2, 0.25) is 5.91 Å². The van der Waals surface area contributed by atoms with E-state index in [0.29, 0.717) is 24.6 Å². The van der Waals surface area contributed by atoms with Gasteiger partial charge in [-0.15, -0.1) is 0 Å². The average Bonchev–Trinajstić information content (AvgIpc) is 3.04. The molecule has 0 aromatic carbocycles. The van der Waals surface area contributed by atoms with Gasteiger partial charge in [-0.3, -0.25) is 14.7 Å². The maximum Gasteiger partial charge on any atom is 0.257 e. The second-order valence-electron chi connectivity index (χ2n) is 6.03. The molecule has 1 unspecified atom stereocenters. The molecule has 21 heavy (non-hydrogen) atoms. The number of H-pyrrole nitrogens is 1. The first kappa shape index (κ1) is 14.1. The van der Waals surface area contributed by atoms with E-state index >= 15 is 0 Å². The van der Waals surface area contributed by atoms with E-state index < -0.39 is 0 Å². The van der Waals surface area contributed by atoms with E-state index in [2.05, 4.69) is 15.5 Å². The number of hydrogen-bond donors (Lipinski definition) is 2. The molecule has 1 aliphatic heterocycles. The van der Waals surface area contributed by atoms with Crippen molar-refractivity contribution in [1.82, 2.24) is 20.4 Å². The van der Waals surface area contributed by atoms with Gasteiger partial charge in [0.15, 0.2) is 0 Å². The third-order valence-electron chi connectivity index (χ3n) is 4.62. The highest BCUT2D eigenvalue weighted by Crippen LogP contribution is 2.29. The van der Waals surface area contributed by atoms with Crippen molar-refractivity contribution in [2.75, 3.05) is 13.1 Å². The maximum atomic E-state index is 12.5. The summed E-state index contributed by atoms with van der Waals surface area (Å²) < 4.78 is 0. The van der Waals surface area contributed by atoms with E-state index in [9.17, 15) is 9.59 Å². The van der Waals surface area contributed by atoms with E-state index in [1.807, 2.05) is 0 Å². The summed E-state index contributed by atoms with van der Waals surface area (Å²) in [7, 11) is 0. The molecule has 114 valence electrons. The molecule has 1 aliphatic carbocycles. The number of aromatic nitrogens is 2. The van der Waals surface area contributed by atoms with E-state index in [1.54, 1.807) is 11.1 Å². The number of hydrogen-bond acceptors (Lipinski definition) is 3. The van der Waals surface area contributed by atoms with Crippen molar-refractivity contribution in [3.05, 3.63) is 18.0 Å². The lowest BCUT2D eigenvalue weighted by Crippen LogP contribution is -2.57. The maximum absolute atomic E-state index is 12.5. The Bertz CT molecular complexity index is 494. The molecule has 1 aromatic rings. The summed E-state index contributed by atoms with van der Waals surface area (Å²) >= 11 is 0. The van der Waals surface area contributed by atoms with Crippen molar-refractivity contribution in [1.29, 1.82) is 0 Å². The standard InChI is InChI=1S/C15H22N4O2/c20-14-13(8-11-4-2-1-3-5-11)19(7-6-16-14)15(21)12-9-17-18-10-12/h9-11,13H,1-8H2,(H,16,20)(H,17,18). The number of nitrogens with zero attached hydrogens (tertiary/aromatic N) is 2. The molecule has 2 N–H and O–H groups in total. The molecule has 6 heteroatoms. The van der Waals surface area contributed by atoms with Gasteiger partial charge in [0.25, 0.3) is 5.91 Å². The summed E-state index contributed by atoms with van der Waals surface area (Å²) in [5.41, 5.74) is 0.526. The van der Waals surface area contributed by atoms with Crippen LogP contribution < -0.4 is 5.32 Å². The van der Waals surface area contributed by atoms with E-state index in [0.717, 1.165) is 6.42 Å². The van der Waals surface area contributed by atoms with Gasteiger partial charge in [-0.1, -0.05) is 32.1 Å². The van der Waals surface area contributed by atoms with Crippen LogP contribution in [0.15, 0.2) is 12.4 Å². The summed E-state index contributed by atoms with van der Waals surface area (Å²) in [6.07, 6.45) is 10.0. The fourth-order valence-electron chi connectivity index (χ4n) is 3.46. The fraction of sp³-hybridized carbons (Fsp3) is 0.667. The first-order chi connectivity index (χ1) is 10.3. The monoisotopic (exact) mass is 290 g/mol. The molecule has 1 atom stereocenters. The van der Waals surface area contributed by atoms with Crippen LogP contribution in [-0.4, -0.2) is 46.0 Å². The van der Waals surface area contributed by atoms with Crippen molar-refractivity contribution in [2.24, 2.45) is 5.92 Å². The van der Waals surface area contributed by atoms with Crippen molar-refractivity contribution >= 4 is 11.8 Å². The van der Waals surface area contributed by atoms with Crippen molar-refractivity contribution < 1.29 is 9.59 Å². The Morgan fingerprint density at radius 3 is 2.86 bits per heavy atom. The highest BCUT2D eigenvalue weighted by molar-refractivity contribution is 5.97. The van der Waals surface area contributed by atoms with Gasteiger partial charge >= 0.3 is 0 Å². The third kappa shape index (κ3) is 3.09. The zero-order chi connectivity index (χ0) is 14.7. The van der Waals surface area contributed by atoms with Crippen molar-refractivity contribution in [3.8, 4) is 0 Å². The molecule has 3 rings (SSSR count). The van der Waals surface area contributed by atoms with Gasteiger partial charge in [0.05, 0.1) is 11.8 Å². The summed E-state index contributed by atoms with van der Waals surface area (Å²) in [5.74, 6) is 0.454. The second kappa shape index (κ2) is 6.28. The molecule has 2 heterocycles.